The Labute approximate surface area is 154 Å². The molecule has 1 aromatic heterocycles. The summed E-state index contributed by atoms with van der Waals surface area (Å²) < 4.78 is 13.8. The number of para-hydroxylation sites is 1. The highest BCUT2D eigenvalue weighted by Crippen LogP contribution is 2.34. The molecule has 3 rings (SSSR count). The largest absolute Gasteiger partial charge is 0.490 e. The van der Waals surface area contributed by atoms with Gasteiger partial charge < -0.3 is 9.47 Å². The molecule has 0 aliphatic rings. The molecule has 5 nitrogen and oxygen atoms in total. The van der Waals surface area contributed by atoms with Crippen LogP contribution in [0.4, 0.5) is 0 Å². The summed E-state index contributed by atoms with van der Waals surface area (Å²) in [7, 11) is 0. The first-order valence-corrected chi connectivity index (χ1v) is 8.95. The summed E-state index contributed by atoms with van der Waals surface area (Å²) in [6, 6.07) is 11.1. The van der Waals surface area contributed by atoms with E-state index in [1.165, 1.54) is 0 Å². The van der Waals surface area contributed by atoms with Crippen LogP contribution in [0.2, 0.25) is 0 Å². The normalized spacial score (nSPS) is 10.8. The fourth-order valence-electron chi connectivity index (χ4n) is 2.64. The summed E-state index contributed by atoms with van der Waals surface area (Å²) in [6.45, 7) is 5.34. The Balaban J connectivity index is 2.01. The number of fused-ring (bicyclic) bond motifs is 1. The van der Waals surface area contributed by atoms with Gasteiger partial charge in [-0.2, -0.15) is 0 Å². The Hall–Kier alpha value is -2.34. The van der Waals surface area contributed by atoms with Crippen molar-refractivity contribution in [2.45, 2.75) is 20.4 Å². The highest BCUT2D eigenvalue weighted by atomic mass is 79.9. The monoisotopic (exact) mass is 402 g/mol. The second-order valence-corrected chi connectivity index (χ2v) is 6.31. The summed E-state index contributed by atoms with van der Waals surface area (Å²) >= 11 is 3.56. The van der Waals surface area contributed by atoms with Crippen molar-refractivity contribution >= 4 is 26.8 Å². The third-order valence-electron chi connectivity index (χ3n) is 3.78. The average molecular weight is 403 g/mol. The Bertz CT molecular complexity index is 953. The van der Waals surface area contributed by atoms with Crippen LogP contribution in [-0.4, -0.2) is 22.8 Å². The van der Waals surface area contributed by atoms with Gasteiger partial charge in [-0.25, -0.2) is 4.98 Å². The molecule has 0 aliphatic carbocycles. The molecule has 0 radical (unpaired) electrons. The summed E-state index contributed by atoms with van der Waals surface area (Å²) in [6.07, 6.45) is 1.58. The Morgan fingerprint density at radius 1 is 1.08 bits per heavy atom. The van der Waals surface area contributed by atoms with Crippen molar-refractivity contribution in [3.63, 3.8) is 0 Å². The van der Waals surface area contributed by atoms with Crippen molar-refractivity contribution in [3.8, 4) is 11.5 Å². The molecule has 6 heteroatoms. The Kier molecular flexibility index (Phi) is 5.38. The second-order valence-electron chi connectivity index (χ2n) is 5.45. The molecule has 0 atom stereocenters. The summed E-state index contributed by atoms with van der Waals surface area (Å²) in [4.78, 5) is 17.0. The summed E-state index contributed by atoms with van der Waals surface area (Å²) in [5.74, 6) is 1.35. The maximum atomic E-state index is 12.7. The van der Waals surface area contributed by atoms with Gasteiger partial charge in [-0.15, -0.1) is 0 Å². The topological polar surface area (TPSA) is 53.4 Å². The van der Waals surface area contributed by atoms with Crippen LogP contribution < -0.4 is 15.0 Å². The number of rotatable bonds is 6. The molecule has 25 heavy (non-hydrogen) atoms. The van der Waals surface area contributed by atoms with E-state index in [-0.39, 0.29) is 5.56 Å². The lowest BCUT2D eigenvalue weighted by molar-refractivity contribution is 0.287. The van der Waals surface area contributed by atoms with Crippen molar-refractivity contribution in [1.82, 2.24) is 9.55 Å². The fraction of sp³-hybridized carbons (Fsp3) is 0.263. The number of benzene rings is 2. The molecular weight excluding hydrogens is 384 g/mol. The van der Waals surface area contributed by atoms with Crippen LogP contribution in [0.3, 0.4) is 0 Å². The van der Waals surface area contributed by atoms with Crippen molar-refractivity contribution < 1.29 is 9.47 Å². The van der Waals surface area contributed by atoms with Gasteiger partial charge in [0.2, 0.25) is 0 Å². The number of hydrogen-bond donors (Lipinski definition) is 0. The van der Waals surface area contributed by atoms with Gasteiger partial charge in [0.05, 0.1) is 37.0 Å². The molecule has 0 N–H and O–H groups in total. The van der Waals surface area contributed by atoms with E-state index in [1.807, 2.05) is 44.2 Å². The fourth-order valence-corrected chi connectivity index (χ4v) is 3.09. The van der Waals surface area contributed by atoms with Crippen LogP contribution in [0.25, 0.3) is 10.9 Å². The first-order chi connectivity index (χ1) is 12.1. The Morgan fingerprint density at radius 2 is 1.76 bits per heavy atom. The minimum atomic E-state index is -0.0654. The maximum absolute atomic E-state index is 12.7. The van der Waals surface area contributed by atoms with Crippen LogP contribution >= 0.6 is 15.9 Å². The van der Waals surface area contributed by atoms with Crippen LogP contribution in [0.5, 0.6) is 11.5 Å². The predicted octanol–water partition coefficient (Wildman–Crippen LogP) is 4.00. The van der Waals surface area contributed by atoms with Crippen molar-refractivity contribution in [1.29, 1.82) is 0 Å². The van der Waals surface area contributed by atoms with E-state index in [0.717, 1.165) is 10.0 Å². The minimum Gasteiger partial charge on any atom is -0.490 e. The molecule has 0 bridgehead atoms. The summed E-state index contributed by atoms with van der Waals surface area (Å²) in [5, 5.41) is 0.608. The quantitative estimate of drug-likeness (QED) is 0.624. The molecule has 0 spiro atoms. The van der Waals surface area contributed by atoms with Crippen LogP contribution in [-0.2, 0) is 6.54 Å². The van der Waals surface area contributed by atoms with E-state index >= 15 is 0 Å². The minimum absolute atomic E-state index is 0.0654. The van der Waals surface area contributed by atoms with Gasteiger partial charge in [-0.1, -0.05) is 28.1 Å². The van der Waals surface area contributed by atoms with Crippen LogP contribution in [0, 0.1) is 0 Å². The lowest BCUT2D eigenvalue weighted by Gasteiger charge is -2.15. The number of nitrogens with zero attached hydrogens (tertiary/aromatic N) is 2. The standard InChI is InChI=1S/C19H19BrN2O3/c1-3-24-17-9-13(15(20)10-18(17)25-4-2)11-22-12-21-16-8-6-5-7-14(16)19(22)23/h5-10,12H,3-4,11H2,1-2H3. The number of halogens is 1. The molecule has 0 amide bonds. The van der Waals surface area contributed by atoms with Gasteiger partial charge in [0.25, 0.3) is 5.56 Å². The predicted molar refractivity (Wildman–Crippen MR) is 102 cm³/mol. The highest BCUT2D eigenvalue weighted by molar-refractivity contribution is 9.10. The molecule has 3 aromatic rings. The van der Waals surface area contributed by atoms with Gasteiger partial charge in [0.1, 0.15) is 0 Å². The van der Waals surface area contributed by atoms with E-state index in [1.54, 1.807) is 17.0 Å². The molecule has 2 aromatic carbocycles. The Morgan fingerprint density at radius 3 is 2.48 bits per heavy atom. The second kappa shape index (κ2) is 7.70. The van der Waals surface area contributed by atoms with Gasteiger partial charge in [0.15, 0.2) is 11.5 Å². The average Bonchev–Trinajstić information content (AvgIpc) is 2.61. The third kappa shape index (κ3) is 3.69. The van der Waals surface area contributed by atoms with Crippen molar-refractivity contribution in [2.75, 3.05) is 13.2 Å². The van der Waals surface area contributed by atoms with E-state index in [9.17, 15) is 4.79 Å². The van der Waals surface area contributed by atoms with E-state index < -0.39 is 0 Å². The van der Waals surface area contributed by atoms with Crippen LogP contribution in [0.1, 0.15) is 19.4 Å². The third-order valence-corrected chi connectivity index (χ3v) is 4.52. The molecule has 0 aliphatic heterocycles. The van der Waals surface area contributed by atoms with E-state index in [0.29, 0.717) is 42.2 Å². The van der Waals surface area contributed by atoms with Crippen LogP contribution in [0.15, 0.2) is 52.0 Å². The number of aromatic nitrogens is 2. The van der Waals surface area contributed by atoms with Gasteiger partial charge >= 0.3 is 0 Å². The lowest BCUT2D eigenvalue weighted by Crippen LogP contribution is -2.21. The molecule has 1 heterocycles. The first kappa shape index (κ1) is 17.5. The van der Waals surface area contributed by atoms with Gasteiger partial charge in [-0.3, -0.25) is 9.36 Å². The van der Waals surface area contributed by atoms with E-state index in [2.05, 4.69) is 20.9 Å². The highest BCUT2D eigenvalue weighted by Gasteiger charge is 2.12. The molecule has 0 unspecified atom stereocenters. The zero-order chi connectivity index (χ0) is 17.8. The van der Waals surface area contributed by atoms with E-state index in [4.69, 9.17) is 9.47 Å². The van der Waals surface area contributed by atoms with Gasteiger partial charge in [-0.05, 0) is 43.7 Å². The zero-order valence-corrected chi connectivity index (χ0v) is 15.7. The van der Waals surface area contributed by atoms with Crippen molar-refractivity contribution in [2.24, 2.45) is 0 Å². The SMILES string of the molecule is CCOc1cc(Br)c(Cn2cnc3ccccc3c2=O)cc1OCC. The molecule has 0 saturated heterocycles. The van der Waals surface area contributed by atoms with Gasteiger partial charge in [0, 0.05) is 4.47 Å². The molecule has 0 fully saturated rings. The molecule has 130 valence electrons. The molecule has 0 saturated carbocycles. The smallest absolute Gasteiger partial charge is 0.261 e. The zero-order valence-electron chi connectivity index (χ0n) is 14.2. The molecular formula is C19H19BrN2O3. The number of ether oxygens (including phenoxy) is 2. The summed E-state index contributed by atoms with van der Waals surface area (Å²) in [5.41, 5.74) is 1.56. The van der Waals surface area contributed by atoms with Crippen molar-refractivity contribution in [3.05, 3.63) is 63.1 Å². The maximum Gasteiger partial charge on any atom is 0.261 e. The first-order valence-electron chi connectivity index (χ1n) is 8.16. The number of hydrogen-bond acceptors (Lipinski definition) is 4. The lowest BCUT2D eigenvalue weighted by atomic mass is 10.2.